The molecule has 0 bridgehead atoms. The Morgan fingerprint density at radius 1 is 1.35 bits per heavy atom. The van der Waals surface area contributed by atoms with Crippen molar-refractivity contribution in [3.63, 3.8) is 0 Å². The number of ether oxygens (including phenoxy) is 1. The number of thiophene rings is 1. The first kappa shape index (κ1) is 14.4. The quantitative estimate of drug-likeness (QED) is 0.771. The average molecular weight is 373 g/mol. The van der Waals surface area contributed by atoms with Crippen LogP contribution in [0.25, 0.3) is 0 Å². The van der Waals surface area contributed by atoms with E-state index in [4.69, 9.17) is 16.3 Å². The van der Waals surface area contributed by atoms with Crippen molar-refractivity contribution < 1.29 is 4.74 Å². The fourth-order valence-electron chi connectivity index (χ4n) is 1.96. The Kier molecular flexibility index (Phi) is 4.66. The van der Waals surface area contributed by atoms with Gasteiger partial charge in [0.25, 0.3) is 0 Å². The molecule has 106 valence electrons. The van der Waals surface area contributed by atoms with Crippen molar-refractivity contribution in [2.75, 3.05) is 0 Å². The van der Waals surface area contributed by atoms with Gasteiger partial charge in [0.15, 0.2) is 0 Å². The fourth-order valence-corrected chi connectivity index (χ4v) is 3.59. The molecule has 1 saturated carbocycles. The van der Waals surface area contributed by atoms with E-state index < -0.39 is 0 Å². The molecule has 0 radical (unpaired) electrons. The van der Waals surface area contributed by atoms with E-state index in [0.717, 1.165) is 22.3 Å². The minimum absolute atomic E-state index is 0.540. The topological polar surface area (TPSA) is 21.3 Å². The van der Waals surface area contributed by atoms with Gasteiger partial charge in [0, 0.05) is 22.6 Å². The van der Waals surface area contributed by atoms with Crippen LogP contribution in [-0.2, 0) is 13.2 Å². The predicted octanol–water partition coefficient (Wildman–Crippen LogP) is 5.00. The molecule has 20 heavy (non-hydrogen) atoms. The summed E-state index contributed by atoms with van der Waals surface area (Å²) in [6.45, 7) is 1.35. The summed E-state index contributed by atoms with van der Waals surface area (Å²) in [6, 6.07) is 8.63. The van der Waals surface area contributed by atoms with Crippen molar-refractivity contribution in [2.24, 2.45) is 0 Å². The molecule has 1 heterocycles. The number of rotatable bonds is 6. The molecule has 5 heteroatoms. The molecule has 1 aromatic heterocycles. The molecule has 1 aliphatic carbocycles. The van der Waals surface area contributed by atoms with Crippen LogP contribution in [0.2, 0.25) is 5.02 Å². The zero-order chi connectivity index (χ0) is 13.9. The molecule has 2 nitrogen and oxygen atoms in total. The minimum Gasteiger partial charge on any atom is -0.486 e. The van der Waals surface area contributed by atoms with Gasteiger partial charge in [-0.1, -0.05) is 23.7 Å². The Morgan fingerprint density at radius 3 is 2.90 bits per heavy atom. The number of hydrogen-bond donors (Lipinski definition) is 1. The fraction of sp³-hybridized carbons (Fsp3) is 0.333. The van der Waals surface area contributed by atoms with E-state index in [1.807, 2.05) is 23.6 Å². The number of hydrogen-bond acceptors (Lipinski definition) is 3. The lowest BCUT2D eigenvalue weighted by atomic mass is 10.2. The van der Waals surface area contributed by atoms with Crippen molar-refractivity contribution in [1.29, 1.82) is 0 Å². The highest BCUT2D eigenvalue weighted by atomic mass is 79.9. The van der Waals surface area contributed by atoms with Crippen LogP contribution < -0.4 is 10.1 Å². The summed E-state index contributed by atoms with van der Waals surface area (Å²) < 4.78 is 7.04. The maximum Gasteiger partial charge on any atom is 0.142 e. The third kappa shape index (κ3) is 3.55. The van der Waals surface area contributed by atoms with Gasteiger partial charge in [-0.3, -0.25) is 0 Å². The molecule has 0 atom stereocenters. The lowest BCUT2D eigenvalue weighted by Gasteiger charge is -2.13. The molecule has 1 fully saturated rings. The Hall–Kier alpha value is -0.550. The maximum atomic E-state index is 6.28. The molecule has 0 spiro atoms. The second-order valence-electron chi connectivity index (χ2n) is 4.86. The Balaban J connectivity index is 1.71. The third-order valence-corrected chi connectivity index (χ3v) is 5.44. The number of benzene rings is 1. The van der Waals surface area contributed by atoms with Crippen molar-refractivity contribution in [1.82, 2.24) is 5.32 Å². The minimum atomic E-state index is 0.540. The van der Waals surface area contributed by atoms with Gasteiger partial charge in [-0.05, 0) is 46.3 Å². The Labute approximate surface area is 136 Å². The van der Waals surface area contributed by atoms with Gasteiger partial charge < -0.3 is 10.1 Å². The summed E-state index contributed by atoms with van der Waals surface area (Å²) in [5.74, 6) is 0.794. The second kappa shape index (κ2) is 6.48. The largest absolute Gasteiger partial charge is 0.486 e. The number of nitrogens with one attached hydrogen (secondary N) is 1. The smallest absolute Gasteiger partial charge is 0.142 e. The summed E-state index contributed by atoms with van der Waals surface area (Å²) >= 11 is 11.5. The van der Waals surface area contributed by atoms with Crippen molar-refractivity contribution in [3.8, 4) is 5.75 Å². The van der Waals surface area contributed by atoms with Crippen LogP contribution in [-0.4, -0.2) is 6.04 Å². The zero-order valence-corrected chi connectivity index (χ0v) is 14.0. The normalized spacial score (nSPS) is 14.5. The molecule has 0 unspecified atom stereocenters. The van der Waals surface area contributed by atoms with Crippen LogP contribution in [0.1, 0.15) is 23.3 Å². The van der Waals surface area contributed by atoms with E-state index in [1.54, 1.807) is 11.3 Å². The van der Waals surface area contributed by atoms with Crippen LogP contribution in [0.4, 0.5) is 0 Å². The number of para-hydroxylation sites is 1. The zero-order valence-electron chi connectivity index (χ0n) is 10.9. The Morgan fingerprint density at radius 2 is 2.20 bits per heavy atom. The SMILES string of the molecule is Clc1cccc(CNC2CC2)c1OCc1sccc1Br. The van der Waals surface area contributed by atoms with Gasteiger partial charge in [0.05, 0.1) is 9.90 Å². The molecule has 3 rings (SSSR count). The summed E-state index contributed by atoms with van der Waals surface area (Å²) in [6.07, 6.45) is 2.55. The van der Waals surface area contributed by atoms with Gasteiger partial charge in [0.1, 0.15) is 12.4 Å². The molecule has 2 aromatic rings. The van der Waals surface area contributed by atoms with Crippen LogP contribution in [0.15, 0.2) is 34.1 Å². The highest BCUT2D eigenvalue weighted by Crippen LogP contribution is 2.32. The van der Waals surface area contributed by atoms with Gasteiger partial charge in [-0.2, -0.15) is 0 Å². The first-order valence-corrected chi connectivity index (χ1v) is 8.64. The lowest BCUT2D eigenvalue weighted by Crippen LogP contribution is -2.16. The summed E-state index contributed by atoms with van der Waals surface area (Å²) in [4.78, 5) is 1.17. The highest BCUT2D eigenvalue weighted by Gasteiger charge is 2.21. The van der Waals surface area contributed by atoms with Crippen molar-refractivity contribution in [3.05, 3.63) is 49.6 Å². The highest BCUT2D eigenvalue weighted by molar-refractivity contribution is 9.10. The maximum absolute atomic E-state index is 6.28. The molecular weight excluding hydrogens is 358 g/mol. The first-order chi connectivity index (χ1) is 9.74. The van der Waals surface area contributed by atoms with Crippen LogP contribution in [0.3, 0.4) is 0 Å². The van der Waals surface area contributed by atoms with Crippen molar-refractivity contribution in [2.45, 2.75) is 32.0 Å². The predicted molar refractivity (Wildman–Crippen MR) is 87.7 cm³/mol. The van der Waals surface area contributed by atoms with E-state index >= 15 is 0 Å². The van der Waals surface area contributed by atoms with Gasteiger partial charge in [-0.15, -0.1) is 11.3 Å². The van der Waals surface area contributed by atoms with E-state index in [9.17, 15) is 0 Å². The van der Waals surface area contributed by atoms with Crippen LogP contribution >= 0.6 is 38.9 Å². The van der Waals surface area contributed by atoms with E-state index in [2.05, 4.69) is 27.3 Å². The van der Waals surface area contributed by atoms with Gasteiger partial charge in [0.2, 0.25) is 0 Å². The summed E-state index contributed by atoms with van der Waals surface area (Å²) in [7, 11) is 0. The molecule has 1 aliphatic rings. The van der Waals surface area contributed by atoms with Gasteiger partial charge in [-0.25, -0.2) is 0 Å². The lowest BCUT2D eigenvalue weighted by molar-refractivity contribution is 0.305. The molecule has 0 saturated heterocycles. The van der Waals surface area contributed by atoms with Crippen LogP contribution in [0, 0.1) is 0 Å². The first-order valence-electron chi connectivity index (χ1n) is 6.59. The summed E-state index contributed by atoms with van der Waals surface area (Å²) in [5, 5.41) is 6.22. The van der Waals surface area contributed by atoms with E-state index in [1.165, 1.54) is 17.7 Å². The third-order valence-electron chi connectivity index (χ3n) is 3.25. The molecule has 1 N–H and O–H groups in total. The van der Waals surface area contributed by atoms with Crippen molar-refractivity contribution >= 4 is 38.9 Å². The molecule has 1 aromatic carbocycles. The van der Waals surface area contributed by atoms with Gasteiger partial charge >= 0.3 is 0 Å². The molecule has 0 aliphatic heterocycles. The average Bonchev–Trinajstić information content (AvgIpc) is 3.18. The summed E-state index contributed by atoms with van der Waals surface area (Å²) in [5.41, 5.74) is 1.12. The standard InChI is InChI=1S/C15H15BrClNOS/c16-12-6-7-20-14(12)9-19-15-10(2-1-3-13(15)17)8-18-11-4-5-11/h1-3,6-7,11,18H,4-5,8-9H2. The second-order valence-corrected chi connectivity index (χ2v) is 7.13. The molecule has 0 amide bonds. The van der Waals surface area contributed by atoms with E-state index in [0.29, 0.717) is 17.7 Å². The molecular formula is C15H15BrClNOS. The van der Waals surface area contributed by atoms with Crippen LogP contribution in [0.5, 0.6) is 5.75 Å². The monoisotopic (exact) mass is 371 g/mol. The van der Waals surface area contributed by atoms with E-state index in [-0.39, 0.29) is 0 Å². The number of halogens is 2. The Bertz CT molecular complexity index is 597.